The lowest BCUT2D eigenvalue weighted by atomic mass is 9.85. The molecule has 0 radical (unpaired) electrons. The average molecular weight is 303 g/mol. The van der Waals surface area contributed by atoms with Crippen LogP contribution in [0.1, 0.15) is 55.1 Å². The summed E-state index contributed by atoms with van der Waals surface area (Å²) in [5.74, 6) is 0.169. The zero-order valence-corrected chi connectivity index (χ0v) is 13.5. The third-order valence-electron chi connectivity index (χ3n) is 5.12. The molecule has 2 aliphatic heterocycles. The van der Waals surface area contributed by atoms with E-state index in [0.717, 1.165) is 50.9 Å². The molecule has 0 bridgehead atoms. The second-order valence-corrected chi connectivity index (χ2v) is 6.50. The third kappa shape index (κ3) is 2.23. The molecule has 1 unspecified atom stereocenters. The minimum Gasteiger partial charge on any atom is -0.365 e. The van der Waals surface area contributed by atoms with E-state index in [9.17, 15) is 9.59 Å². The number of hydrogen-bond acceptors (Lipinski definition) is 2. The quantitative estimate of drug-likeness (QED) is 0.931. The van der Waals surface area contributed by atoms with Crippen LogP contribution < -0.4 is 0 Å². The van der Waals surface area contributed by atoms with Crippen LogP contribution in [-0.4, -0.2) is 51.8 Å². The van der Waals surface area contributed by atoms with E-state index < -0.39 is 5.54 Å². The average Bonchev–Trinajstić information content (AvgIpc) is 3.11. The molecule has 5 heteroatoms. The van der Waals surface area contributed by atoms with Crippen LogP contribution in [0.5, 0.6) is 0 Å². The Labute approximate surface area is 131 Å². The van der Waals surface area contributed by atoms with Crippen molar-refractivity contribution in [1.82, 2.24) is 14.8 Å². The molecule has 1 aromatic rings. The Bertz CT molecular complexity index is 578. The maximum absolute atomic E-state index is 13.0. The molecule has 1 atom stereocenters. The molecule has 1 spiro atoms. The first-order valence-corrected chi connectivity index (χ1v) is 8.35. The monoisotopic (exact) mass is 303 g/mol. The fourth-order valence-corrected chi connectivity index (χ4v) is 4.04. The number of carbonyl (C=O) groups is 2. The number of aromatic nitrogens is 1. The van der Waals surface area contributed by atoms with Gasteiger partial charge in [-0.15, -0.1) is 0 Å². The van der Waals surface area contributed by atoms with Gasteiger partial charge in [-0.2, -0.15) is 0 Å². The summed E-state index contributed by atoms with van der Waals surface area (Å²) < 4.78 is 0. The van der Waals surface area contributed by atoms with Gasteiger partial charge < -0.3 is 14.8 Å². The summed E-state index contributed by atoms with van der Waals surface area (Å²) in [6, 6.07) is 1.82. The predicted octanol–water partition coefficient (Wildman–Crippen LogP) is 2.33. The van der Waals surface area contributed by atoms with Gasteiger partial charge in [-0.25, -0.2) is 0 Å². The number of hydrogen-bond donors (Lipinski definition) is 1. The second-order valence-electron chi connectivity index (χ2n) is 6.50. The highest BCUT2D eigenvalue weighted by Gasteiger charge is 2.52. The smallest absolute Gasteiger partial charge is 0.256 e. The zero-order valence-electron chi connectivity index (χ0n) is 13.5. The SMILES string of the molecule is CCCN1CCCC2(CCCN2C(=O)c2cc[nH]c2C)C1=O. The van der Waals surface area contributed by atoms with E-state index in [1.807, 2.05) is 22.8 Å². The van der Waals surface area contributed by atoms with Gasteiger partial charge in [0.2, 0.25) is 5.91 Å². The highest BCUT2D eigenvalue weighted by atomic mass is 16.2. The van der Waals surface area contributed by atoms with Crippen molar-refractivity contribution in [1.29, 1.82) is 0 Å². The van der Waals surface area contributed by atoms with Crippen molar-refractivity contribution in [2.24, 2.45) is 0 Å². The van der Waals surface area contributed by atoms with Crippen LogP contribution in [-0.2, 0) is 4.79 Å². The van der Waals surface area contributed by atoms with Crippen LogP contribution in [0.15, 0.2) is 12.3 Å². The molecule has 2 amide bonds. The van der Waals surface area contributed by atoms with Gasteiger partial charge in [0.25, 0.3) is 5.91 Å². The number of rotatable bonds is 3. The van der Waals surface area contributed by atoms with Gasteiger partial charge >= 0.3 is 0 Å². The fourth-order valence-electron chi connectivity index (χ4n) is 4.04. The van der Waals surface area contributed by atoms with Gasteiger partial charge in [0.1, 0.15) is 5.54 Å². The van der Waals surface area contributed by atoms with Crippen molar-refractivity contribution in [3.05, 3.63) is 23.5 Å². The van der Waals surface area contributed by atoms with Crippen LogP contribution >= 0.6 is 0 Å². The molecule has 2 aliphatic rings. The number of nitrogens with one attached hydrogen (secondary N) is 1. The van der Waals surface area contributed by atoms with Gasteiger partial charge in [-0.05, 0) is 45.1 Å². The number of aryl methyl sites for hydroxylation is 1. The summed E-state index contributed by atoms with van der Waals surface area (Å²) in [6.45, 7) is 6.32. The van der Waals surface area contributed by atoms with E-state index in [-0.39, 0.29) is 11.8 Å². The van der Waals surface area contributed by atoms with Crippen molar-refractivity contribution in [3.63, 3.8) is 0 Å². The van der Waals surface area contributed by atoms with Crippen LogP contribution in [0, 0.1) is 6.92 Å². The van der Waals surface area contributed by atoms with Crippen molar-refractivity contribution in [3.8, 4) is 0 Å². The normalized spacial score (nSPS) is 25.3. The van der Waals surface area contributed by atoms with Crippen molar-refractivity contribution in [2.75, 3.05) is 19.6 Å². The van der Waals surface area contributed by atoms with Gasteiger partial charge in [0, 0.05) is 31.5 Å². The van der Waals surface area contributed by atoms with E-state index in [4.69, 9.17) is 0 Å². The van der Waals surface area contributed by atoms with Crippen LogP contribution in [0.2, 0.25) is 0 Å². The summed E-state index contributed by atoms with van der Waals surface area (Å²) in [6.07, 6.45) is 6.27. The van der Waals surface area contributed by atoms with Crippen molar-refractivity contribution < 1.29 is 9.59 Å². The van der Waals surface area contributed by atoms with E-state index in [1.165, 1.54) is 0 Å². The Hall–Kier alpha value is -1.78. The Morgan fingerprint density at radius 1 is 1.32 bits per heavy atom. The van der Waals surface area contributed by atoms with E-state index in [0.29, 0.717) is 12.1 Å². The highest BCUT2D eigenvalue weighted by molar-refractivity contribution is 6.00. The van der Waals surface area contributed by atoms with Gasteiger partial charge in [0.05, 0.1) is 5.56 Å². The van der Waals surface area contributed by atoms with Gasteiger partial charge in [0.15, 0.2) is 0 Å². The molecule has 3 rings (SSSR count). The molecule has 0 saturated carbocycles. The van der Waals surface area contributed by atoms with Crippen molar-refractivity contribution >= 4 is 11.8 Å². The maximum Gasteiger partial charge on any atom is 0.256 e. The molecule has 0 aromatic carbocycles. The molecule has 3 heterocycles. The molecular formula is C17H25N3O2. The largest absolute Gasteiger partial charge is 0.365 e. The number of nitrogens with zero attached hydrogens (tertiary/aromatic N) is 2. The standard InChI is InChI=1S/C17H25N3O2/c1-3-10-19-11-4-7-17(16(19)22)8-5-12-20(17)15(21)14-6-9-18-13(14)2/h6,9,18H,3-5,7-8,10-12H2,1-2H3. The van der Waals surface area contributed by atoms with Crippen LogP contribution in [0.25, 0.3) is 0 Å². The second kappa shape index (κ2) is 5.78. The molecule has 22 heavy (non-hydrogen) atoms. The predicted molar refractivity (Wildman–Crippen MR) is 84.6 cm³/mol. The summed E-state index contributed by atoms with van der Waals surface area (Å²) in [5.41, 5.74) is 0.983. The van der Waals surface area contributed by atoms with Gasteiger partial charge in [-0.3, -0.25) is 9.59 Å². The lowest BCUT2D eigenvalue weighted by molar-refractivity contribution is -0.145. The molecule has 120 valence electrons. The molecule has 2 fully saturated rings. The number of H-pyrrole nitrogens is 1. The number of likely N-dealkylation sites (tertiary alicyclic amines) is 2. The van der Waals surface area contributed by atoms with Gasteiger partial charge in [-0.1, -0.05) is 6.92 Å². The Kier molecular flexibility index (Phi) is 3.98. The molecule has 0 aliphatic carbocycles. The molecular weight excluding hydrogens is 278 g/mol. The zero-order chi connectivity index (χ0) is 15.7. The first-order valence-electron chi connectivity index (χ1n) is 8.35. The van der Waals surface area contributed by atoms with Crippen LogP contribution in [0.4, 0.5) is 0 Å². The summed E-state index contributed by atoms with van der Waals surface area (Å²) in [4.78, 5) is 32.9. The topological polar surface area (TPSA) is 56.4 Å². The molecule has 1 N–H and O–H groups in total. The number of amides is 2. The Morgan fingerprint density at radius 3 is 2.68 bits per heavy atom. The number of piperidine rings is 1. The summed E-state index contributed by atoms with van der Waals surface area (Å²) in [7, 11) is 0. The minimum absolute atomic E-state index is 0.00273. The molecule has 5 nitrogen and oxygen atoms in total. The first kappa shape index (κ1) is 15.1. The Balaban J connectivity index is 1.90. The maximum atomic E-state index is 13.0. The van der Waals surface area contributed by atoms with E-state index in [2.05, 4.69) is 11.9 Å². The summed E-state index contributed by atoms with van der Waals surface area (Å²) >= 11 is 0. The van der Waals surface area contributed by atoms with Crippen LogP contribution in [0.3, 0.4) is 0 Å². The van der Waals surface area contributed by atoms with E-state index in [1.54, 1.807) is 6.20 Å². The lowest BCUT2D eigenvalue weighted by Crippen LogP contribution is -2.61. The fraction of sp³-hybridized carbons (Fsp3) is 0.647. The first-order chi connectivity index (χ1) is 10.6. The highest BCUT2D eigenvalue weighted by Crippen LogP contribution is 2.39. The number of aromatic amines is 1. The van der Waals surface area contributed by atoms with E-state index >= 15 is 0 Å². The lowest BCUT2D eigenvalue weighted by Gasteiger charge is -2.44. The third-order valence-corrected chi connectivity index (χ3v) is 5.12. The molecule has 2 saturated heterocycles. The van der Waals surface area contributed by atoms with Crippen molar-refractivity contribution in [2.45, 2.75) is 51.5 Å². The molecule has 1 aromatic heterocycles. The number of carbonyl (C=O) groups excluding carboxylic acids is 2. The summed E-state index contributed by atoms with van der Waals surface area (Å²) in [5, 5.41) is 0. The Morgan fingerprint density at radius 2 is 2.05 bits per heavy atom. The minimum atomic E-state index is -0.589.